The highest BCUT2D eigenvalue weighted by Gasteiger charge is 2.36. The van der Waals surface area contributed by atoms with Gasteiger partial charge in [-0.25, -0.2) is 0 Å². The van der Waals surface area contributed by atoms with Crippen LogP contribution in [0.2, 0.25) is 0 Å². The van der Waals surface area contributed by atoms with Crippen molar-refractivity contribution in [2.75, 3.05) is 6.54 Å². The molecule has 2 aliphatic heterocycles. The number of aliphatic imine (C=N–C) groups is 1. The molecule has 0 unspecified atom stereocenters. The number of carbonyl (C=O) groups is 1. The highest BCUT2D eigenvalue weighted by atomic mass is 16.2. The van der Waals surface area contributed by atoms with Crippen molar-refractivity contribution in [1.29, 1.82) is 5.41 Å². The summed E-state index contributed by atoms with van der Waals surface area (Å²) in [6, 6.07) is 0. The van der Waals surface area contributed by atoms with E-state index in [1.165, 1.54) is 0 Å². The van der Waals surface area contributed by atoms with E-state index in [2.05, 4.69) is 15.7 Å². The first-order valence-electron chi connectivity index (χ1n) is 6.20. The van der Waals surface area contributed by atoms with Crippen LogP contribution in [0.15, 0.2) is 16.9 Å². The van der Waals surface area contributed by atoms with Gasteiger partial charge in [0.1, 0.15) is 11.5 Å². The number of amidine groups is 1. The van der Waals surface area contributed by atoms with Crippen LogP contribution in [-0.4, -0.2) is 34.5 Å². The van der Waals surface area contributed by atoms with Crippen LogP contribution in [0.5, 0.6) is 0 Å². The van der Waals surface area contributed by atoms with Crippen molar-refractivity contribution >= 4 is 17.5 Å². The number of fused-ring (bicyclic) bond motifs is 1. The van der Waals surface area contributed by atoms with Crippen LogP contribution in [0.4, 0.5) is 0 Å². The molecule has 18 heavy (non-hydrogen) atoms. The van der Waals surface area contributed by atoms with Gasteiger partial charge in [0.2, 0.25) is 5.91 Å². The number of carbonyl (C=O) groups excluding carboxylic acids is 1. The number of rotatable bonds is 2. The van der Waals surface area contributed by atoms with E-state index in [1.54, 1.807) is 6.08 Å². The Kier molecular flexibility index (Phi) is 2.23. The molecule has 3 aliphatic rings. The van der Waals surface area contributed by atoms with Crippen LogP contribution < -0.4 is 10.7 Å². The number of hydrogen-bond acceptors (Lipinski definition) is 5. The third kappa shape index (κ3) is 1.98. The largest absolute Gasteiger partial charge is 0.311 e. The number of hydrogen-bond donors (Lipinski definition) is 3. The summed E-state index contributed by atoms with van der Waals surface area (Å²) < 4.78 is 0. The van der Waals surface area contributed by atoms with Crippen molar-refractivity contribution in [3.05, 3.63) is 11.9 Å². The molecule has 6 nitrogen and oxygen atoms in total. The average Bonchev–Trinajstić information content (AvgIpc) is 3.02. The summed E-state index contributed by atoms with van der Waals surface area (Å²) >= 11 is 0. The lowest BCUT2D eigenvalue weighted by Crippen LogP contribution is -2.51. The summed E-state index contributed by atoms with van der Waals surface area (Å²) in [4.78, 5) is 16.2. The Labute approximate surface area is 106 Å². The minimum Gasteiger partial charge on any atom is -0.311 e. The van der Waals surface area contributed by atoms with Gasteiger partial charge in [0.05, 0.1) is 12.1 Å². The Morgan fingerprint density at radius 2 is 2.33 bits per heavy atom. The van der Waals surface area contributed by atoms with Gasteiger partial charge in [0.15, 0.2) is 5.84 Å². The third-order valence-corrected chi connectivity index (χ3v) is 3.20. The third-order valence-electron chi connectivity index (χ3n) is 3.20. The van der Waals surface area contributed by atoms with E-state index in [-0.39, 0.29) is 17.4 Å². The van der Waals surface area contributed by atoms with Crippen LogP contribution in [-0.2, 0) is 4.79 Å². The average molecular weight is 247 g/mol. The van der Waals surface area contributed by atoms with Crippen molar-refractivity contribution in [1.82, 2.24) is 15.8 Å². The Morgan fingerprint density at radius 3 is 3.00 bits per heavy atom. The quantitative estimate of drug-likeness (QED) is 0.660. The smallest absolute Gasteiger partial charge is 0.228 e. The van der Waals surface area contributed by atoms with Crippen molar-refractivity contribution in [3.8, 4) is 0 Å². The molecule has 0 radical (unpaired) electrons. The molecule has 1 fully saturated rings. The van der Waals surface area contributed by atoms with E-state index < -0.39 is 0 Å². The number of nitrogens with zero attached hydrogens (tertiary/aromatic N) is 2. The van der Waals surface area contributed by atoms with E-state index in [0.717, 1.165) is 12.8 Å². The molecule has 0 aromatic carbocycles. The molecule has 0 spiro atoms. The molecule has 1 saturated carbocycles. The molecule has 0 atom stereocenters. The lowest BCUT2D eigenvalue weighted by molar-refractivity contribution is -0.121. The van der Waals surface area contributed by atoms with Crippen molar-refractivity contribution < 1.29 is 4.79 Å². The normalized spacial score (nSPS) is 25.0. The number of amides is 1. The van der Waals surface area contributed by atoms with Crippen LogP contribution in [0.25, 0.3) is 0 Å². The molecule has 1 aliphatic carbocycles. The maximum absolute atomic E-state index is 11.7. The minimum atomic E-state index is -0.196. The molecule has 0 saturated heterocycles. The van der Waals surface area contributed by atoms with E-state index >= 15 is 0 Å². The van der Waals surface area contributed by atoms with E-state index in [0.29, 0.717) is 23.9 Å². The molecule has 0 aromatic heterocycles. The van der Waals surface area contributed by atoms with Gasteiger partial charge in [0.25, 0.3) is 0 Å². The molecule has 3 rings (SSSR count). The molecule has 96 valence electrons. The van der Waals surface area contributed by atoms with Gasteiger partial charge >= 0.3 is 0 Å². The van der Waals surface area contributed by atoms with Gasteiger partial charge in [-0.1, -0.05) is 0 Å². The summed E-state index contributed by atoms with van der Waals surface area (Å²) in [5, 5.41) is 12.6. The summed E-state index contributed by atoms with van der Waals surface area (Å²) in [5.74, 6) is 1.42. The first-order valence-corrected chi connectivity index (χ1v) is 6.20. The van der Waals surface area contributed by atoms with Gasteiger partial charge < -0.3 is 5.32 Å². The summed E-state index contributed by atoms with van der Waals surface area (Å²) in [5.41, 5.74) is 3.25. The lowest BCUT2D eigenvalue weighted by Gasteiger charge is -2.29. The fraction of sp³-hybridized carbons (Fsp3) is 0.583. The summed E-state index contributed by atoms with van der Waals surface area (Å²) in [7, 11) is 0. The van der Waals surface area contributed by atoms with Gasteiger partial charge in [-0.15, -0.1) is 0 Å². The Morgan fingerprint density at radius 1 is 1.61 bits per heavy atom. The second-order valence-corrected chi connectivity index (χ2v) is 5.68. The molecule has 1 amide bonds. The van der Waals surface area contributed by atoms with Crippen LogP contribution in [0.3, 0.4) is 0 Å². The zero-order chi connectivity index (χ0) is 12.9. The Hall–Kier alpha value is -1.85. The maximum Gasteiger partial charge on any atom is 0.228 e. The fourth-order valence-electron chi connectivity index (χ4n) is 2.17. The molecule has 3 N–H and O–H groups in total. The van der Waals surface area contributed by atoms with Gasteiger partial charge in [0, 0.05) is 12.0 Å². The van der Waals surface area contributed by atoms with E-state index in [4.69, 9.17) is 5.41 Å². The van der Waals surface area contributed by atoms with Crippen LogP contribution in [0, 0.1) is 11.3 Å². The Bertz CT molecular complexity index is 487. The first-order chi connectivity index (χ1) is 8.44. The number of hydrazine groups is 1. The fourth-order valence-corrected chi connectivity index (χ4v) is 2.17. The van der Waals surface area contributed by atoms with E-state index in [1.807, 2.05) is 18.9 Å². The molecule has 0 aromatic rings. The van der Waals surface area contributed by atoms with E-state index in [9.17, 15) is 4.79 Å². The second-order valence-electron chi connectivity index (χ2n) is 5.68. The molecular formula is C12H17N5O. The SMILES string of the molecule is CC1(C)CN2NC(NC(=O)C3CC3)=CC(=N)C2=N1. The monoisotopic (exact) mass is 247 g/mol. The Balaban J connectivity index is 1.74. The zero-order valence-electron chi connectivity index (χ0n) is 10.6. The molecular weight excluding hydrogens is 230 g/mol. The second kappa shape index (κ2) is 3.57. The van der Waals surface area contributed by atoms with Gasteiger partial charge in [-0.2, -0.15) is 0 Å². The van der Waals surface area contributed by atoms with Gasteiger partial charge in [-0.3, -0.25) is 25.6 Å². The highest BCUT2D eigenvalue weighted by Crippen LogP contribution is 2.29. The topological polar surface area (TPSA) is 80.6 Å². The maximum atomic E-state index is 11.7. The minimum absolute atomic E-state index is 0.0420. The number of nitrogens with one attached hydrogen (secondary N) is 3. The summed E-state index contributed by atoms with van der Waals surface area (Å²) in [6.07, 6.45) is 3.57. The molecule has 0 bridgehead atoms. The van der Waals surface area contributed by atoms with Crippen molar-refractivity contribution in [3.63, 3.8) is 0 Å². The standard InChI is InChI=1S/C12H17N5O/c1-12(2)6-17-10(15-12)8(13)5-9(16-17)14-11(18)7-3-4-7/h5,7,13,16H,3-4,6H2,1-2H3,(H,14,18). The first kappa shape index (κ1) is 11.3. The van der Waals surface area contributed by atoms with Crippen LogP contribution >= 0.6 is 0 Å². The van der Waals surface area contributed by atoms with Crippen molar-refractivity contribution in [2.45, 2.75) is 32.2 Å². The predicted octanol–water partition coefficient (Wildman–Crippen LogP) is 0.385. The van der Waals surface area contributed by atoms with Gasteiger partial charge in [-0.05, 0) is 26.7 Å². The predicted molar refractivity (Wildman–Crippen MR) is 68.0 cm³/mol. The summed E-state index contributed by atoms with van der Waals surface area (Å²) in [6.45, 7) is 4.74. The highest BCUT2D eigenvalue weighted by molar-refractivity contribution is 6.45. The lowest BCUT2D eigenvalue weighted by atomic mass is 10.1. The van der Waals surface area contributed by atoms with Crippen molar-refractivity contribution in [2.24, 2.45) is 10.9 Å². The molecule has 6 heteroatoms. The van der Waals surface area contributed by atoms with Crippen LogP contribution in [0.1, 0.15) is 26.7 Å². The zero-order valence-corrected chi connectivity index (χ0v) is 10.6. The molecule has 2 heterocycles.